The van der Waals surface area contributed by atoms with Crippen LogP contribution in [0.3, 0.4) is 0 Å². The average molecular weight is 413 g/mol. The van der Waals surface area contributed by atoms with E-state index in [-0.39, 0.29) is 12.0 Å². The highest BCUT2D eigenvalue weighted by atomic mass is 16.5. The first-order valence-corrected chi connectivity index (χ1v) is 10.4. The Morgan fingerprint density at radius 3 is 2.74 bits per heavy atom. The number of nitrogens with zero attached hydrogens (tertiary/aromatic N) is 3. The predicted molar refractivity (Wildman–Crippen MR) is 119 cm³/mol. The number of hydrogen-bond acceptors (Lipinski definition) is 5. The highest BCUT2D eigenvalue weighted by molar-refractivity contribution is 5.94. The molecular weight excluding hydrogens is 390 g/mol. The van der Waals surface area contributed by atoms with E-state index in [1.54, 1.807) is 12.4 Å². The number of nitrogens with one attached hydrogen (secondary N) is 2. The highest BCUT2D eigenvalue weighted by Gasteiger charge is 2.17. The zero-order valence-corrected chi connectivity index (χ0v) is 17.0. The maximum Gasteiger partial charge on any atom is 0.251 e. The van der Waals surface area contributed by atoms with Gasteiger partial charge in [-0.05, 0) is 37.1 Å². The Balaban J connectivity index is 1.37. The Morgan fingerprint density at radius 2 is 1.97 bits per heavy atom. The van der Waals surface area contributed by atoms with Gasteiger partial charge in [0.1, 0.15) is 11.5 Å². The van der Waals surface area contributed by atoms with E-state index in [0.717, 1.165) is 47.9 Å². The van der Waals surface area contributed by atoms with Crippen molar-refractivity contribution in [2.24, 2.45) is 0 Å². The summed E-state index contributed by atoms with van der Waals surface area (Å²) in [4.78, 5) is 21.4. The number of carbonyl (C=O) groups is 1. The van der Waals surface area contributed by atoms with Crippen molar-refractivity contribution in [2.45, 2.75) is 18.9 Å². The van der Waals surface area contributed by atoms with Gasteiger partial charge in [-0.1, -0.05) is 30.3 Å². The van der Waals surface area contributed by atoms with E-state index in [0.29, 0.717) is 12.1 Å². The number of anilines is 2. The topological polar surface area (TPSA) is 80.5 Å². The predicted octanol–water partition coefficient (Wildman–Crippen LogP) is 4.05. The lowest BCUT2D eigenvalue weighted by Crippen LogP contribution is -2.31. The molecule has 0 spiro atoms. The van der Waals surface area contributed by atoms with Crippen molar-refractivity contribution in [2.75, 3.05) is 18.5 Å². The molecule has 7 nitrogen and oxygen atoms in total. The van der Waals surface area contributed by atoms with Gasteiger partial charge in [-0.15, -0.1) is 0 Å². The van der Waals surface area contributed by atoms with Crippen LogP contribution in [-0.4, -0.2) is 39.5 Å². The van der Waals surface area contributed by atoms with Gasteiger partial charge in [0.2, 0.25) is 0 Å². The van der Waals surface area contributed by atoms with Crippen LogP contribution in [-0.2, 0) is 4.74 Å². The standard InChI is InChI=1S/C24H23N5O2/c30-24(26-15-20-7-4-14-31-20)18-8-10-19(11-9-18)27-23-22(17-5-2-1-3-6-17)28-21-16-25-12-13-29(21)23/h1-3,5-6,8-13,16,20,27H,4,7,14-15H2,(H,26,30)/t20-/m1/s1. The summed E-state index contributed by atoms with van der Waals surface area (Å²) in [5, 5.41) is 6.41. The maximum absolute atomic E-state index is 12.4. The van der Waals surface area contributed by atoms with Crippen LogP contribution in [0.1, 0.15) is 23.2 Å². The molecule has 156 valence electrons. The SMILES string of the molecule is O=C(NC[C@H]1CCCO1)c1ccc(Nc2c(-c3ccccc3)nc3cnccn23)cc1. The molecule has 1 saturated heterocycles. The number of benzene rings is 2. The summed E-state index contributed by atoms with van der Waals surface area (Å²) in [7, 11) is 0. The zero-order chi connectivity index (χ0) is 21.0. The molecule has 2 aromatic heterocycles. The minimum absolute atomic E-state index is 0.0899. The van der Waals surface area contributed by atoms with E-state index in [1.165, 1.54) is 0 Å². The van der Waals surface area contributed by atoms with E-state index in [2.05, 4.69) is 15.6 Å². The Kier molecular flexibility index (Phi) is 5.33. The lowest BCUT2D eigenvalue weighted by molar-refractivity contribution is 0.0858. The van der Waals surface area contributed by atoms with Gasteiger partial charge in [-0.2, -0.15) is 0 Å². The molecule has 1 amide bonds. The number of rotatable bonds is 6. The van der Waals surface area contributed by atoms with Crippen LogP contribution in [0.15, 0.2) is 73.2 Å². The summed E-state index contributed by atoms with van der Waals surface area (Å²) in [6.07, 6.45) is 7.54. The molecule has 0 bridgehead atoms. The van der Waals surface area contributed by atoms with Gasteiger partial charge >= 0.3 is 0 Å². The number of amides is 1. The molecule has 0 unspecified atom stereocenters. The molecule has 0 radical (unpaired) electrons. The third kappa shape index (κ3) is 4.13. The van der Waals surface area contributed by atoms with Crippen molar-refractivity contribution in [3.05, 3.63) is 78.8 Å². The van der Waals surface area contributed by atoms with Crippen LogP contribution in [0, 0.1) is 0 Å². The minimum atomic E-state index is -0.0899. The number of ether oxygens (including phenoxy) is 1. The molecule has 1 atom stereocenters. The molecular formula is C24H23N5O2. The van der Waals surface area contributed by atoms with E-state index < -0.39 is 0 Å². The first-order valence-electron chi connectivity index (χ1n) is 10.4. The Labute approximate surface area is 180 Å². The fourth-order valence-corrected chi connectivity index (χ4v) is 3.78. The highest BCUT2D eigenvalue weighted by Crippen LogP contribution is 2.30. The first kappa shape index (κ1) is 19.3. The molecule has 1 aliphatic rings. The number of aromatic nitrogens is 3. The van der Waals surface area contributed by atoms with Gasteiger partial charge in [0.05, 0.1) is 12.3 Å². The second-order valence-electron chi connectivity index (χ2n) is 7.53. The summed E-state index contributed by atoms with van der Waals surface area (Å²) in [5.74, 6) is 0.757. The number of hydrogen-bond donors (Lipinski definition) is 2. The molecule has 0 aliphatic carbocycles. The van der Waals surface area contributed by atoms with Crippen LogP contribution < -0.4 is 10.6 Å². The molecule has 4 aromatic rings. The fourth-order valence-electron chi connectivity index (χ4n) is 3.78. The third-order valence-corrected chi connectivity index (χ3v) is 5.40. The monoisotopic (exact) mass is 413 g/mol. The average Bonchev–Trinajstić information content (AvgIpc) is 3.47. The van der Waals surface area contributed by atoms with E-state index in [4.69, 9.17) is 9.72 Å². The van der Waals surface area contributed by atoms with Crippen molar-refractivity contribution in [1.82, 2.24) is 19.7 Å². The van der Waals surface area contributed by atoms with Gasteiger partial charge in [0, 0.05) is 42.4 Å². The Bertz CT molecular complexity index is 1180. The Hall–Kier alpha value is -3.71. The number of imidazole rings is 1. The van der Waals surface area contributed by atoms with Gasteiger partial charge < -0.3 is 15.4 Å². The Morgan fingerprint density at radius 1 is 1.13 bits per heavy atom. The lowest BCUT2D eigenvalue weighted by atomic mass is 10.1. The summed E-state index contributed by atoms with van der Waals surface area (Å²) in [5.41, 5.74) is 4.10. The smallest absolute Gasteiger partial charge is 0.251 e. The summed E-state index contributed by atoms with van der Waals surface area (Å²) >= 11 is 0. The lowest BCUT2D eigenvalue weighted by Gasteiger charge is -2.12. The molecule has 7 heteroatoms. The number of carbonyl (C=O) groups excluding carboxylic acids is 1. The van der Waals surface area contributed by atoms with Gasteiger partial charge in [0.15, 0.2) is 5.65 Å². The van der Waals surface area contributed by atoms with Crippen molar-refractivity contribution in [1.29, 1.82) is 0 Å². The quantitative estimate of drug-likeness (QED) is 0.499. The molecule has 1 fully saturated rings. The largest absolute Gasteiger partial charge is 0.376 e. The molecule has 3 heterocycles. The second kappa shape index (κ2) is 8.57. The fraction of sp³-hybridized carbons (Fsp3) is 0.208. The summed E-state index contributed by atoms with van der Waals surface area (Å²) in [6, 6.07) is 17.5. The zero-order valence-electron chi connectivity index (χ0n) is 17.0. The molecule has 2 aromatic carbocycles. The van der Waals surface area contributed by atoms with Crippen molar-refractivity contribution in [3.8, 4) is 11.3 Å². The van der Waals surface area contributed by atoms with Crippen LogP contribution in [0.5, 0.6) is 0 Å². The second-order valence-corrected chi connectivity index (χ2v) is 7.53. The van der Waals surface area contributed by atoms with Crippen LogP contribution in [0.4, 0.5) is 11.5 Å². The first-order chi connectivity index (χ1) is 15.3. The van der Waals surface area contributed by atoms with Crippen molar-refractivity contribution >= 4 is 23.1 Å². The molecule has 1 aliphatic heterocycles. The molecule has 5 rings (SSSR count). The van der Waals surface area contributed by atoms with E-state index in [9.17, 15) is 4.79 Å². The summed E-state index contributed by atoms with van der Waals surface area (Å²) < 4.78 is 7.53. The van der Waals surface area contributed by atoms with Gasteiger partial charge in [-0.25, -0.2) is 4.98 Å². The minimum Gasteiger partial charge on any atom is -0.376 e. The normalized spacial score (nSPS) is 15.8. The van der Waals surface area contributed by atoms with E-state index in [1.807, 2.05) is 65.2 Å². The third-order valence-electron chi connectivity index (χ3n) is 5.40. The number of fused-ring (bicyclic) bond motifs is 1. The van der Waals surface area contributed by atoms with E-state index >= 15 is 0 Å². The summed E-state index contributed by atoms with van der Waals surface area (Å²) in [6.45, 7) is 1.33. The molecule has 31 heavy (non-hydrogen) atoms. The van der Waals surface area contributed by atoms with Crippen molar-refractivity contribution < 1.29 is 9.53 Å². The van der Waals surface area contributed by atoms with Gasteiger partial charge in [0.25, 0.3) is 5.91 Å². The molecule has 0 saturated carbocycles. The van der Waals surface area contributed by atoms with Crippen molar-refractivity contribution in [3.63, 3.8) is 0 Å². The van der Waals surface area contributed by atoms with Gasteiger partial charge in [-0.3, -0.25) is 14.2 Å². The maximum atomic E-state index is 12.4. The van der Waals surface area contributed by atoms with Crippen LogP contribution in [0.2, 0.25) is 0 Å². The van der Waals surface area contributed by atoms with Crippen LogP contribution in [0.25, 0.3) is 16.9 Å². The van der Waals surface area contributed by atoms with Crippen LogP contribution >= 0.6 is 0 Å². The molecule has 2 N–H and O–H groups in total.